The van der Waals surface area contributed by atoms with Crippen molar-refractivity contribution in [1.82, 2.24) is 5.43 Å². The van der Waals surface area contributed by atoms with Crippen LogP contribution in [-0.4, -0.2) is 11.3 Å². The van der Waals surface area contributed by atoms with E-state index in [2.05, 4.69) is 15.8 Å². The van der Waals surface area contributed by atoms with E-state index in [4.69, 9.17) is 17.5 Å². The highest BCUT2D eigenvalue weighted by atomic mass is 32.1. The van der Waals surface area contributed by atoms with Gasteiger partial charge in [0.25, 0.3) is 0 Å². The Morgan fingerprint density at radius 1 is 1.18 bits per heavy atom. The van der Waals surface area contributed by atoms with Crippen LogP contribution in [0.5, 0.6) is 0 Å². The summed E-state index contributed by atoms with van der Waals surface area (Å²) in [7, 11) is 0. The second-order valence-electron chi connectivity index (χ2n) is 4.18. The molecule has 0 aromatic heterocycles. The van der Waals surface area contributed by atoms with Crippen LogP contribution in [0.15, 0.2) is 47.6 Å². The van der Waals surface area contributed by atoms with Crippen molar-refractivity contribution in [3.63, 3.8) is 0 Å². The first-order valence-corrected chi connectivity index (χ1v) is 6.54. The second kappa shape index (κ2) is 7.24. The zero-order valence-electron chi connectivity index (χ0n) is 11.2. The number of anilines is 1. The fraction of sp³-hybridized carbons (Fsp3) is 0. The summed E-state index contributed by atoms with van der Waals surface area (Å²) in [6.45, 7) is 0. The molecule has 0 radical (unpaired) electrons. The molecule has 2 aromatic rings. The number of hydrogen-bond donors (Lipinski definition) is 2. The molecule has 110 valence electrons. The third kappa shape index (κ3) is 4.33. The van der Waals surface area contributed by atoms with Gasteiger partial charge in [-0.3, -0.25) is 5.43 Å². The van der Waals surface area contributed by atoms with Crippen molar-refractivity contribution in [2.24, 2.45) is 5.10 Å². The number of hydrogen-bond acceptors (Lipinski definition) is 3. The van der Waals surface area contributed by atoms with Crippen molar-refractivity contribution in [3.05, 3.63) is 65.2 Å². The lowest BCUT2D eigenvalue weighted by Crippen LogP contribution is -2.24. The van der Waals surface area contributed by atoms with E-state index in [1.165, 1.54) is 12.3 Å². The van der Waals surface area contributed by atoms with E-state index in [-0.39, 0.29) is 10.8 Å². The molecule has 0 amide bonds. The Hall–Kier alpha value is -2.85. The summed E-state index contributed by atoms with van der Waals surface area (Å²) in [6, 6.07) is 11.9. The van der Waals surface area contributed by atoms with E-state index in [9.17, 15) is 8.78 Å². The molecule has 4 nitrogen and oxygen atoms in total. The van der Waals surface area contributed by atoms with Gasteiger partial charge in [0, 0.05) is 6.07 Å². The minimum Gasteiger partial charge on any atom is -0.329 e. The Balaban J connectivity index is 1.91. The van der Waals surface area contributed by atoms with Crippen molar-refractivity contribution in [2.75, 3.05) is 5.32 Å². The number of benzene rings is 2. The molecular formula is C15H10F2N4S. The first-order chi connectivity index (χ1) is 10.6. The van der Waals surface area contributed by atoms with Crippen molar-refractivity contribution in [1.29, 1.82) is 5.26 Å². The van der Waals surface area contributed by atoms with Crippen LogP contribution in [-0.2, 0) is 0 Å². The molecule has 0 bridgehead atoms. The van der Waals surface area contributed by atoms with Crippen molar-refractivity contribution < 1.29 is 8.78 Å². The maximum absolute atomic E-state index is 13.4. The van der Waals surface area contributed by atoms with Gasteiger partial charge in [0.2, 0.25) is 0 Å². The first-order valence-electron chi connectivity index (χ1n) is 6.14. The normalized spacial score (nSPS) is 10.2. The van der Waals surface area contributed by atoms with E-state index in [0.717, 1.165) is 17.7 Å². The van der Waals surface area contributed by atoms with Crippen LogP contribution in [0.25, 0.3) is 0 Å². The molecule has 0 atom stereocenters. The fourth-order valence-electron chi connectivity index (χ4n) is 1.55. The van der Waals surface area contributed by atoms with Gasteiger partial charge in [-0.1, -0.05) is 12.1 Å². The second-order valence-corrected chi connectivity index (χ2v) is 4.59. The van der Waals surface area contributed by atoms with Crippen LogP contribution in [0, 0.1) is 23.0 Å². The molecule has 0 heterocycles. The van der Waals surface area contributed by atoms with Crippen LogP contribution in [0.4, 0.5) is 14.5 Å². The summed E-state index contributed by atoms with van der Waals surface area (Å²) < 4.78 is 26.2. The Kier molecular flexibility index (Phi) is 5.11. The van der Waals surface area contributed by atoms with Crippen LogP contribution in [0.1, 0.15) is 11.1 Å². The van der Waals surface area contributed by atoms with Gasteiger partial charge in [0.15, 0.2) is 5.11 Å². The molecule has 7 heteroatoms. The molecule has 0 unspecified atom stereocenters. The summed E-state index contributed by atoms with van der Waals surface area (Å²) in [4.78, 5) is 0. The van der Waals surface area contributed by atoms with Crippen LogP contribution >= 0.6 is 12.2 Å². The standard InChI is InChI=1S/C15H10F2N4S/c16-12-5-6-14(13(17)7-12)20-15(22)21-19-9-11-3-1-10(8-18)2-4-11/h1-7,9H,(H2,20,21,22)/b19-9+. The highest BCUT2D eigenvalue weighted by Crippen LogP contribution is 2.14. The number of nitrogens with zero attached hydrogens (tertiary/aromatic N) is 2. The topological polar surface area (TPSA) is 60.2 Å². The average Bonchev–Trinajstić information content (AvgIpc) is 2.51. The molecule has 0 fully saturated rings. The van der Waals surface area contributed by atoms with Gasteiger partial charge < -0.3 is 5.32 Å². The molecular weight excluding hydrogens is 306 g/mol. The van der Waals surface area contributed by atoms with Gasteiger partial charge >= 0.3 is 0 Å². The maximum Gasteiger partial charge on any atom is 0.191 e. The molecule has 0 saturated carbocycles. The van der Waals surface area contributed by atoms with Gasteiger partial charge in [-0.2, -0.15) is 10.4 Å². The Morgan fingerprint density at radius 3 is 2.55 bits per heavy atom. The Bertz CT molecular complexity index is 751. The number of thiocarbonyl (C=S) groups is 1. The SMILES string of the molecule is N#Cc1ccc(/C=N/NC(=S)Nc2ccc(F)cc2F)cc1. The molecule has 2 N–H and O–H groups in total. The number of hydrazone groups is 1. The van der Waals surface area contributed by atoms with E-state index in [0.29, 0.717) is 5.56 Å². The predicted molar refractivity (Wildman–Crippen MR) is 84.5 cm³/mol. The minimum atomic E-state index is -0.750. The monoisotopic (exact) mass is 316 g/mol. The molecule has 2 rings (SSSR count). The van der Waals surface area contributed by atoms with Gasteiger partial charge in [-0.15, -0.1) is 0 Å². The average molecular weight is 316 g/mol. The molecule has 22 heavy (non-hydrogen) atoms. The fourth-order valence-corrected chi connectivity index (χ4v) is 1.71. The van der Waals surface area contributed by atoms with Crippen molar-refractivity contribution in [2.45, 2.75) is 0 Å². The third-order valence-corrected chi connectivity index (χ3v) is 2.79. The largest absolute Gasteiger partial charge is 0.329 e. The van der Waals surface area contributed by atoms with Gasteiger partial charge in [-0.25, -0.2) is 8.78 Å². The molecule has 0 aliphatic heterocycles. The summed E-state index contributed by atoms with van der Waals surface area (Å²) >= 11 is 4.94. The van der Waals surface area contributed by atoms with E-state index >= 15 is 0 Å². The molecule has 0 aliphatic rings. The van der Waals surface area contributed by atoms with Gasteiger partial charge in [0.05, 0.1) is 23.5 Å². The number of nitrogens with one attached hydrogen (secondary N) is 2. The first kappa shape index (κ1) is 15.5. The van der Waals surface area contributed by atoms with Gasteiger partial charge in [-0.05, 0) is 42.0 Å². The highest BCUT2D eigenvalue weighted by Gasteiger charge is 2.04. The van der Waals surface area contributed by atoms with Crippen LogP contribution in [0.2, 0.25) is 0 Å². The number of halogens is 2. The molecule has 0 saturated heterocycles. The smallest absolute Gasteiger partial charge is 0.191 e. The summed E-state index contributed by atoms with van der Waals surface area (Å²) in [5.41, 5.74) is 3.88. The quantitative estimate of drug-likeness (QED) is 0.519. The van der Waals surface area contributed by atoms with E-state index in [1.54, 1.807) is 24.3 Å². The van der Waals surface area contributed by atoms with E-state index in [1.807, 2.05) is 6.07 Å². The molecule has 0 spiro atoms. The lowest BCUT2D eigenvalue weighted by molar-refractivity contribution is 0.586. The van der Waals surface area contributed by atoms with Crippen molar-refractivity contribution >= 4 is 29.2 Å². The minimum absolute atomic E-state index is 0.0486. The zero-order valence-corrected chi connectivity index (χ0v) is 12.0. The highest BCUT2D eigenvalue weighted by molar-refractivity contribution is 7.80. The predicted octanol–water partition coefficient (Wildman–Crippen LogP) is 3.16. The molecule has 0 aliphatic carbocycles. The summed E-state index contributed by atoms with van der Waals surface area (Å²) in [5.74, 6) is -1.42. The van der Waals surface area contributed by atoms with E-state index < -0.39 is 11.6 Å². The lowest BCUT2D eigenvalue weighted by atomic mass is 10.2. The van der Waals surface area contributed by atoms with Crippen LogP contribution in [0.3, 0.4) is 0 Å². The summed E-state index contributed by atoms with van der Waals surface area (Å²) in [6.07, 6.45) is 1.50. The molecule has 2 aromatic carbocycles. The zero-order chi connectivity index (χ0) is 15.9. The number of nitriles is 1. The third-order valence-electron chi connectivity index (χ3n) is 2.60. The van der Waals surface area contributed by atoms with Crippen LogP contribution < -0.4 is 10.7 Å². The number of rotatable bonds is 3. The van der Waals surface area contributed by atoms with Crippen molar-refractivity contribution in [3.8, 4) is 6.07 Å². The lowest BCUT2D eigenvalue weighted by Gasteiger charge is -2.07. The Morgan fingerprint density at radius 2 is 1.91 bits per heavy atom. The Labute approximate surface area is 131 Å². The van der Waals surface area contributed by atoms with Gasteiger partial charge in [0.1, 0.15) is 11.6 Å². The summed E-state index contributed by atoms with van der Waals surface area (Å²) in [5, 5.41) is 15.2. The maximum atomic E-state index is 13.4.